The Labute approximate surface area is 104 Å². The van der Waals surface area contributed by atoms with Crippen LogP contribution in [0.3, 0.4) is 0 Å². The normalized spacial score (nSPS) is 8.55. The number of hydrogen-bond acceptors (Lipinski definition) is 3. The van der Waals surface area contributed by atoms with Crippen molar-refractivity contribution in [2.24, 2.45) is 0 Å². The zero-order valence-electron chi connectivity index (χ0n) is 6.01. The predicted molar refractivity (Wildman–Crippen MR) is 65.7 cm³/mol. The summed E-state index contributed by atoms with van der Waals surface area (Å²) in [6, 6.07) is 0. The fourth-order valence-electron chi connectivity index (χ4n) is 0.142. The molecule has 0 aliphatic rings. The van der Waals surface area contributed by atoms with E-state index in [-0.39, 0.29) is 17.7 Å². The van der Waals surface area contributed by atoms with Crippen LogP contribution in [-0.4, -0.2) is 19.9 Å². The SMILES string of the molecule is COCOC(C)=O.[I][V]([I])[I]. The van der Waals surface area contributed by atoms with Crippen molar-refractivity contribution in [3.8, 4) is 0 Å². The molecule has 0 aliphatic carbocycles. The first kappa shape index (κ1) is 15.7. The van der Waals surface area contributed by atoms with Crippen molar-refractivity contribution in [1.82, 2.24) is 0 Å². The van der Waals surface area contributed by atoms with Crippen LogP contribution in [-0.2, 0) is 19.2 Å². The molecule has 11 heavy (non-hydrogen) atoms. The van der Waals surface area contributed by atoms with E-state index in [2.05, 4.69) is 69.4 Å². The quantitative estimate of drug-likeness (QED) is 0.310. The fourth-order valence-corrected chi connectivity index (χ4v) is 0.142. The maximum absolute atomic E-state index is 9.90. The fraction of sp³-hybridized carbons (Fsp3) is 0.750. The van der Waals surface area contributed by atoms with Gasteiger partial charge in [0.05, 0.1) is 0 Å². The van der Waals surface area contributed by atoms with Gasteiger partial charge in [0.2, 0.25) is 0 Å². The number of ether oxygens (including phenoxy) is 2. The minimum atomic E-state index is -0.318. The molecule has 0 rings (SSSR count). The van der Waals surface area contributed by atoms with Gasteiger partial charge in [-0.3, -0.25) is 4.79 Å². The maximum atomic E-state index is 9.90. The van der Waals surface area contributed by atoms with Gasteiger partial charge in [0, 0.05) is 14.0 Å². The second kappa shape index (κ2) is 12.2. The topological polar surface area (TPSA) is 35.5 Å². The van der Waals surface area contributed by atoms with Gasteiger partial charge in [-0.15, -0.1) is 0 Å². The predicted octanol–water partition coefficient (Wildman–Crippen LogP) is 2.81. The average Bonchev–Trinajstić information content (AvgIpc) is 1.82. The molecule has 0 bridgehead atoms. The Bertz CT molecular complexity index is 97.8. The summed E-state index contributed by atoms with van der Waals surface area (Å²) in [5.74, 6) is -0.318. The van der Waals surface area contributed by atoms with Crippen LogP contribution in [0.25, 0.3) is 0 Å². The van der Waals surface area contributed by atoms with E-state index in [1.807, 2.05) is 0 Å². The van der Waals surface area contributed by atoms with Gasteiger partial charge in [0.1, 0.15) is 0 Å². The molecule has 0 unspecified atom stereocenters. The third-order valence-corrected chi connectivity index (χ3v) is 0.380. The van der Waals surface area contributed by atoms with Gasteiger partial charge in [0.25, 0.3) is 0 Å². The zero-order chi connectivity index (χ0) is 9.28. The van der Waals surface area contributed by atoms with Crippen molar-refractivity contribution in [2.75, 3.05) is 13.9 Å². The Morgan fingerprint density at radius 3 is 1.91 bits per heavy atom. The Hall–Kier alpha value is 2.20. The molecule has 0 heterocycles. The van der Waals surface area contributed by atoms with Crippen LogP contribution < -0.4 is 0 Å². The van der Waals surface area contributed by atoms with Crippen molar-refractivity contribution >= 4 is 65.9 Å². The van der Waals surface area contributed by atoms with E-state index in [9.17, 15) is 4.79 Å². The molecule has 0 saturated carbocycles. The summed E-state index contributed by atoms with van der Waals surface area (Å²) in [4.78, 5) is 9.62. The summed E-state index contributed by atoms with van der Waals surface area (Å²) in [5.41, 5.74) is 0. The van der Waals surface area contributed by atoms with Gasteiger partial charge in [-0.2, -0.15) is 0 Å². The third-order valence-electron chi connectivity index (χ3n) is 0.380. The molecule has 0 fully saturated rings. The summed E-state index contributed by atoms with van der Waals surface area (Å²) in [5, 5.41) is 0. The molecule has 0 aromatic heterocycles. The number of hydrogen-bond donors (Lipinski definition) is 0. The molecule has 0 saturated heterocycles. The van der Waals surface area contributed by atoms with E-state index in [1.165, 1.54) is 14.0 Å². The van der Waals surface area contributed by atoms with Crippen LogP contribution in [0.2, 0.25) is 0 Å². The molecule has 0 N–H and O–H groups in total. The molecular formula is C4H8I3O3V. The first-order chi connectivity index (χ1) is 5.00. The Morgan fingerprint density at radius 1 is 1.45 bits per heavy atom. The van der Waals surface area contributed by atoms with Gasteiger partial charge in [-0.1, -0.05) is 0 Å². The number of rotatable bonds is 2. The van der Waals surface area contributed by atoms with Crippen LogP contribution >= 0.6 is 59.9 Å². The zero-order valence-corrected chi connectivity index (χ0v) is 13.9. The van der Waals surface area contributed by atoms with Crippen molar-refractivity contribution in [1.29, 1.82) is 0 Å². The van der Waals surface area contributed by atoms with E-state index in [0.717, 1.165) is 0 Å². The Morgan fingerprint density at radius 2 is 1.82 bits per heavy atom. The van der Waals surface area contributed by atoms with Crippen molar-refractivity contribution in [3.63, 3.8) is 0 Å². The number of esters is 1. The summed E-state index contributed by atoms with van der Waals surface area (Å²) in [6.07, 6.45) is 0. The Balaban J connectivity index is 0. The molecular weight excluding hydrogens is 528 g/mol. The van der Waals surface area contributed by atoms with Crippen molar-refractivity contribution in [3.05, 3.63) is 0 Å². The molecule has 0 aromatic rings. The van der Waals surface area contributed by atoms with E-state index >= 15 is 0 Å². The summed E-state index contributed by atoms with van der Waals surface area (Å²) in [6.45, 7) is 1.38. The third kappa shape index (κ3) is 33.0. The minimum absolute atomic E-state index is 0.0509. The van der Waals surface area contributed by atoms with Crippen LogP contribution in [0.15, 0.2) is 0 Å². The van der Waals surface area contributed by atoms with E-state index in [1.54, 1.807) is 0 Å². The second-order valence-corrected chi connectivity index (χ2v) is 36.6. The van der Waals surface area contributed by atoms with Crippen molar-refractivity contribution in [2.45, 2.75) is 6.92 Å². The molecule has 3 nitrogen and oxygen atoms in total. The monoisotopic (exact) mass is 536 g/mol. The molecule has 7 heteroatoms. The number of methoxy groups -OCH3 is 1. The van der Waals surface area contributed by atoms with Crippen LogP contribution in [0.5, 0.6) is 0 Å². The molecule has 0 aromatic carbocycles. The number of halogens is 3. The van der Waals surface area contributed by atoms with E-state index in [4.69, 9.17) is 0 Å². The van der Waals surface area contributed by atoms with Gasteiger partial charge in [-0.05, 0) is 0 Å². The second-order valence-electron chi connectivity index (χ2n) is 1.23. The summed E-state index contributed by atoms with van der Waals surface area (Å²) in [7, 11) is 1.46. The van der Waals surface area contributed by atoms with Gasteiger partial charge in [-0.25, -0.2) is 0 Å². The first-order valence-corrected chi connectivity index (χ1v) is 15.9. The van der Waals surface area contributed by atoms with Crippen LogP contribution in [0.4, 0.5) is 0 Å². The average molecular weight is 536 g/mol. The molecule has 0 atom stereocenters. The summed E-state index contributed by atoms with van der Waals surface area (Å²) < 4.78 is 8.74. The molecule has 0 radical (unpaired) electrons. The van der Waals surface area contributed by atoms with Crippen LogP contribution in [0.1, 0.15) is 6.92 Å². The molecule has 0 amide bonds. The van der Waals surface area contributed by atoms with Gasteiger partial charge in [0.15, 0.2) is 6.79 Å². The van der Waals surface area contributed by atoms with Crippen LogP contribution in [0, 0.1) is 0 Å². The number of carbonyl (C=O) groups excluding carboxylic acids is 1. The molecule has 0 spiro atoms. The van der Waals surface area contributed by atoms with Crippen molar-refractivity contribution < 1.29 is 19.2 Å². The van der Waals surface area contributed by atoms with Gasteiger partial charge < -0.3 is 9.47 Å². The molecule has 0 aliphatic heterocycles. The van der Waals surface area contributed by atoms with Gasteiger partial charge >= 0.3 is 70.8 Å². The standard InChI is InChI=1S/C4H8O3.3HI.V/c1-4(5)7-3-6-2;;;;/h3H2,1-2H3;3*1H;/q;;;;+3/p-3. The number of carbonyl (C=O) groups is 1. The van der Waals surface area contributed by atoms with E-state index in [0.29, 0.717) is 0 Å². The van der Waals surface area contributed by atoms with E-state index < -0.39 is 0 Å². The summed E-state index contributed by atoms with van der Waals surface area (Å²) >= 11 is 7.39. The molecule has 68 valence electrons. The first-order valence-electron chi connectivity index (χ1n) is 2.40. The Kier molecular flexibility index (Phi) is 17.4.